The van der Waals surface area contributed by atoms with Crippen LogP contribution in [0.5, 0.6) is 0 Å². The zero-order valence-corrected chi connectivity index (χ0v) is 13.6. The molecule has 0 heterocycles. The second kappa shape index (κ2) is 6.52. The molecule has 0 spiro atoms. The lowest BCUT2D eigenvalue weighted by Gasteiger charge is -2.29. The Morgan fingerprint density at radius 3 is 1.96 bits per heavy atom. The molecule has 0 aliphatic heterocycles. The predicted molar refractivity (Wildman–Crippen MR) is 88.7 cm³/mol. The van der Waals surface area contributed by atoms with Crippen LogP contribution in [0.3, 0.4) is 0 Å². The van der Waals surface area contributed by atoms with Crippen LogP contribution in [-0.4, -0.2) is 28.4 Å². The largest absolute Gasteiger partial charge is 0.458 e. The standard InChI is InChI=1S/C19H22O4/c1-18(2,3)23-17(21)19(22,13-20)16-11-9-15(10-12-16)14-7-5-4-6-8-14/h4-12,20,22H,13H2,1-3H3/t19-/m0/s1. The monoisotopic (exact) mass is 314 g/mol. The second-order valence-corrected chi connectivity index (χ2v) is 6.46. The lowest BCUT2D eigenvalue weighted by atomic mass is 9.92. The first-order chi connectivity index (χ1) is 10.8. The molecule has 2 rings (SSSR count). The van der Waals surface area contributed by atoms with Crippen LogP contribution >= 0.6 is 0 Å². The summed E-state index contributed by atoms with van der Waals surface area (Å²) in [6, 6.07) is 16.6. The molecule has 2 N–H and O–H groups in total. The van der Waals surface area contributed by atoms with Crippen molar-refractivity contribution in [3.8, 4) is 11.1 Å². The van der Waals surface area contributed by atoms with Crippen LogP contribution in [0.25, 0.3) is 11.1 Å². The number of ether oxygens (including phenoxy) is 1. The van der Waals surface area contributed by atoms with Crippen molar-refractivity contribution in [3.63, 3.8) is 0 Å². The van der Waals surface area contributed by atoms with E-state index in [1.165, 1.54) is 0 Å². The van der Waals surface area contributed by atoms with Crippen molar-refractivity contribution in [1.82, 2.24) is 0 Å². The highest BCUT2D eigenvalue weighted by Crippen LogP contribution is 2.27. The van der Waals surface area contributed by atoms with Crippen LogP contribution in [0.4, 0.5) is 0 Å². The number of aliphatic hydroxyl groups excluding tert-OH is 1. The van der Waals surface area contributed by atoms with E-state index < -0.39 is 23.8 Å². The van der Waals surface area contributed by atoms with E-state index in [1.54, 1.807) is 45.0 Å². The van der Waals surface area contributed by atoms with Gasteiger partial charge in [-0.2, -0.15) is 0 Å². The number of carbonyl (C=O) groups excluding carboxylic acids is 1. The molecule has 0 aromatic heterocycles. The summed E-state index contributed by atoms with van der Waals surface area (Å²) >= 11 is 0. The highest BCUT2D eigenvalue weighted by molar-refractivity contribution is 5.82. The van der Waals surface area contributed by atoms with Crippen molar-refractivity contribution in [2.75, 3.05) is 6.61 Å². The van der Waals surface area contributed by atoms with Crippen molar-refractivity contribution >= 4 is 5.97 Å². The average Bonchev–Trinajstić information content (AvgIpc) is 2.53. The molecule has 4 nitrogen and oxygen atoms in total. The molecule has 0 unspecified atom stereocenters. The molecular formula is C19H22O4. The van der Waals surface area contributed by atoms with Crippen LogP contribution in [0.2, 0.25) is 0 Å². The molecule has 0 fully saturated rings. The predicted octanol–water partition coefficient (Wildman–Crippen LogP) is 2.88. The molecule has 0 saturated heterocycles. The Kier molecular flexibility index (Phi) is 4.88. The molecule has 2 aromatic carbocycles. The van der Waals surface area contributed by atoms with E-state index in [4.69, 9.17) is 4.74 Å². The van der Waals surface area contributed by atoms with Gasteiger partial charge < -0.3 is 14.9 Å². The average molecular weight is 314 g/mol. The molecule has 0 saturated carbocycles. The fourth-order valence-electron chi connectivity index (χ4n) is 2.21. The Hall–Kier alpha value is -2.17. The van der Waals surface area contributed by atoms with Crippen LogP contribution in [-0.2, 0) is 15.1 Å². The fraction of sp³-hybridized carbons (Fsp3) is 0.316. The summed E-state index contributed by atoms with van der Waals surface area (Å²) in [6.45, 7) is 4.39. The molecule has 122 valence electrons. The zero-order chi connectivity index (χ0) is 17.1. The van der Waals surface area contributed by atoms with E-state index in [0.29, 0.717) is 5.56 Å². The Morgan fingerprint density at radius 2 is 1.48 bits per heavy atom. The first kappa shape index (κ1) is 17.2. The topological polar surface area (TPSA) is 66.8 Å². The van der Waals surface area contributed by atoms with Crippen LogP contribution in [0.1, 0.15) is 26.3 Å². The van der Waals surface area contributed by atoms with Gasteiger partial charge in [-0.3, -0.25) is 0 Å². The quantitative estimate of drug-likeness (QED) is 0.852. The van der Waals surface area contributed by atoms with Gasteiger partial charge >= 0.3 is 5.97 Å². The molecule has 0 aliphatic carbocycles. The molecule has 0 bridgehead atoms. The minimum absolute atomic E-state index is 0.300. The van der Waals surface area contributed by atoms with Gasteiger partial charge in [0.15, 0.2) is 0 Å². The van der Waals surface area contributed by atoms with Crippen LogP contribution in [0.15, 0.2) is 54.6 Å². The molecular weight excluding hydrogens is 292 g/mol. The van der Waals surface area contributed by atoms with E-state index in [2.05, 4.69) is 0 Å². The normalized spacial score (nSPS) is 14.1. The molecule has 0 amide bonds. The van der Waals surface area contributed by atoms with Gasteiger partial charge in [0.2, 0.25) is 5.60 Å². The van der Waals surface area contributed by atoms with Gasteiger partial charge in [0.05, 0.1) is 6.61 Å². The smallest absolute Gasteiger partial charge is 0.345 e. The maximum absolute atomic E-state index is 12.2. The van der Waals surface area contributed by atoms with Gasteiger partial charge in [-0.1, -0.05) is 54.6 Å². The molecule has 0 aliphatic rings. The fourth-order valence-corrected chi connectivity index (χ4v) is 2.21. The first-order valence-electron chi connectivity index (χ1n) is 7.49. The SMILES string of the molecule is CC(C)(C)OC(=O)[C@](O)(CO)c1ccc(-c2ccccc2)cc1. The van der Waals surface area contributed by atoms with Crippen molar-refractivity contribution in [2.24, 2.45) is 0 Å². The third-order valence-electron chi connectivity index (χ3n) is 3.43. The van der Waals surface area contributed by atoms with Crippen molar-refractivity contribution in [3.05, 3.63) is 60.2 Å². The van der Waals surface area contributed by atoms with Crippen LogP contribution < -0.4 is 0 Å². The highest BCUT2D eigenvalue weighted by Gasteiger charge is 2.41. The number of hydrogen-bond donors (Lipinski definition) is 2. The molecule has 0 radical (unpaired) electrons. The summed E-state index contributed by atoms with van der Waals surface area (Å²) in [7, 11) is 0. The summed E-state index contributed by atoms with van der Waals surface area (Å²) in [5.74, 6) is -0.861. The Labute approximate surface area is 136 Å². The summed E-state index contributed by atoms with van der Waals surface area (Å²) in [6.07, 6.45) is 0. The Balaban J connectivity index is 2.30. The van der Waals surface area contributed by atoms with E-state index in [-0.39, 0.29) is 0 Å². The first-order valence-corrected chi connectivity index (χ1v) is 7.49. The van der Waals surface area contributed by atoms with E-state index in [9.17, 15) is 15.0 Å². The van der Waals surface area contributed by atoms with E-state index in [1.807, 2.05) is 30.3 Å². The summed E-state index contributed by atoms with van der Waals surface area (Å²) in [5.41, 5.74) is -0.524. The van der Waals surface area contributed by atoms with Gasteiger partial charge in [-0.25, -0.2) is 4.79 Å². The van der Waals surface area contributed by atoms with E-state index >= 15 is 0 Å². The minimum Gasteiger partial charge on any atom is -0.458 e. The van der Waals surface area contributed by atoms with Gasteiger partial charge in [0.25, 0.3) is 0 Å². The summed E-state index contributed by atoms with van der Waals surface area (Å²) in [5, 5.41) is 20.1. The number of hydrogen-bond acceptors (Lipinski definition) is 4. The lowest BCUT2D eigenvalue weighted by Crippen LogP contribution is -2.44. The third kappa shape index (κ3) is 3.97. The van der Waals surface area contributed by atoms with Crippen molar-refractivity contribution < 1.29 is 19.7 Å². The molecule has 2 aromatic rings. The number of esters is 1. The highest BCUT2D eigenvalue weighted by atomic mass is 16.6. The molecule has 23 heavy (non-hydrogen) atoms. The summed E-state index contributed by atoms with van der Waals surface area (Å²) < 4.78 is 5.21. The zero-order valence-electron chi connectivity index (χ0n) is 13.6. The van der Waals surface area contributed by atoms with Gasteiger partial charge in [-0.05, 0) is 37.5 Å². The van der Waals surface area contributed by atoms with Crippen molar-refractivity contribution in [2.45, 2.75) is 32.0 Å². The maximum atomic E-state index is 12.2. The molecule has 4 heteroatoms. The molecule has 1 atom stereocenters. The van der Waals surface area contributed by atoms with Gasteiger partial charge in [0.1, 0.15) is 5.60 Å². The van der Waals surface area contributed by atoms with E-state index in [0.717, 1.165) is 11.1 Å². The van der Waals surface area contributed by atoms with Crippen molar-refractivity contribution in [1.29, 1.82) is 0 Å². The third-order valence-corrected chi connectivity index (χ3v) is 3.43. The Bertz CT molecular complexity index is 656. The maximum Gasteiger partial charge on any atom is 0.345 e. The Morgan fingerprint density at radius 1 is 0.957 bits per heavy atom. The second-order valence-electron chi connectivity index (χ2n) is 6.46. The lowest BCUT2D eigenvalue weighted by molar-refractivity contribution is -0.182. The number of carbonyl (C=O) groups is 1. The number of aliphatic hydroxyl groups is 2. The van der Waals surface area contributed by atoms with Crippen LogP contribution in [0, 0.1) is 0 Å². The number of rotatable bonds is 4. The minimum atomic E-state index is -2.07. The number of benzene rings is 2. The van der Waals surface area contributed by atoms with Gasteiger partial charge in [-0.15, -0.1) is 0 Å². The summed E-state index contributed by atoms with van der Waals surface area (Å²) in [4.78, 5) is 12.2. The van der Waals surface area contributed by atoms with Gasteiger partial charge in [0, 0.05) is 0 Å².